The second-order valence-electron chi connectivity index (χ2n) is 2.62. The van der Waals surface area contributed by atoms with Crippen LogP contribution in [0.4, 0.5) is 5.95 Å². The molecule has 72 valence electrons. The first kappa shape index (κ1) is 9.73. The topological polar surface area (TPSA) is 59.0 Å². The predicted octanol–water partition coefficient (Wildman–Crippen LogP) is 0.0609. The standard InChI is InChI=1S/C8H14N4O/c1-3-12-5-4-10-8(12)11-7(13)6-9-2/h4-5,9H,3,6H2,1-2H3,(H,10,11,13). The molecule has 13 heavy (non-hydrogen) atoms. The van der Waals surface area contributed by atoms with Crippen LogP contribution in [0.15, 0.2) is 12.4 Å². The van der Waals surface area contributed by atoms with Crippen LogP contribution in [0.25, 0.3) is 0 Å². The fourth-order valence-corrected chi connectivity index (χ4v) is 1.02. The van der Waals surface area contributed by atoms with Crippen molar-refractivity contribution in [3.8, 4) is 0 Å². The largest absolute Gasteiger partial charge is 0.317 e. The minimum Gasteiger partial charge on any atom is -0.317 e. The molecular weight excluding hydrogens is 168 g/mol. The molecule has 5 heteroatoms. The Hall–Kier alpha value is -1.36. The first-order valence-electron chi connectivity index (χ1n) is 4.23. The van der Waals surface area contributed by atoms with Gasteiger partial charge in [0.2, 0.25) is 11.9 Å². The Labute approximate surface area is 77.2 Å². The van der Waals surface area contributed by atoms with Gasteiger partial charge in [-0.3, -0.25) is 10.1 Å². The zero-order valence-corrected chi connectivity index (χ0v) is 7.87. The maximum atomic E-state index is 11.2. The highest BCUT2D eigenvalue weighted by Crippen LogP contribution is 2.02. The van der Waals surface area contributed by atoms with E-state index in [0.29, 0.717) is 12.5 Å². The number of carbonyl (C=O) groups excluding carboxylic acids is 1. The Morgan fingerprint density at radius 1 is 1.69 bits per heavy atom. The van der Waals surface area contributed by atoms with Crippen molar-refractivity contribution >= 4 is 11.9 Å². The van der Waals surface area contributed by atoms with Crippen molar-refractivity contribution in [2.45, 2.75) is 13.5 Å². The van der Waals surface area contributed by atoms with Gasteiger partial charge >= 0.3 is 0 Å². The number of aromatic nitrogens is 2. The second-order valence-corrected chi connectivity index (χ2v) is 2.62. The number of amides is 1. The Kier molecular flexibility index (Phi) is 3.45. The molecule has 1 rings (SSSR count). The van der Waals surface area contributed by atoms with Crippen molar-refractivity contribution in [3.05, 3.63) is 12.4 Å². The summed E-state index contributed by atoms with van der Waals surface area (Å²) in [4.78, 5) is 15.2. The third-order valence-electron chi connectivity index (χ3n) is 1.64. The van der Waals surface area contributed by atoms with E-state index in [1.54, 1.807) is 13.2 Å². The molecule has 5 nitrogen and oxygen atoms in total. The summed E-state index contributed by atoms with van der Waals surface area (Å²) >= 11 is 0. The summed E-state index contributed by atoms with van der Waals surface area (Å²) < 4.78 is 1.87. The molecule has 1 amide bonds. The summed E-state index contributed by atoms with van der Waals surface area (Å²) in [5.41, 5.74) is 0. The number of hydrogen-bond acceptors (Lipinski definition) is 3. The molecule has 0 saturated carbocycles. The van der Waals surface area contributed by atoms with Crippen molar-refractivity contribution in [3.63, 3.8) is 0 Å². The van der Waals surface area contributed by atoms with Crippen molar-refractivity contribution in [2.24, 2.45) is 0 Å². The van der Waals surface area contributed by atoms with E-state index in [1.165, 1.54) is 0 Å². The molecule has 1 aromatic rings. The number of nitrogens with one attached hydrogen (secondary N) is 2. The summed E-state index contributed by atoms with van der Waals surface area (Å²) in [7, 11) is 1.73. The molecule has 0 aromatic carbocycles. The summed E-state index contributed by atoms with van der Waals surface area (Å²) in [6.07, 6.45) is 3.49. The molecule has 0 aliphatic carbocycles. The molecule has 1 heterocycles. The molecule has 0 saturated heterocycles. The van der Waals surface area contributed by atoms with Crippen LogP contribution < -0.4 is 10.6 Å². The lowest BCUT2D eigenvalue weighted by Gasteiger charge is -2.05. The van der Waals surface area contributed by atoms with E-state index in [0.717, 1.165) is 6.54 Å². The van der Waals surface area contributed by atoms with Crippen LogP contribution in [-0.2, 0) is 11.3 Å². The van der Waals surface area contributed by atoms with Crippen LogP contribution in [0.2, 0.25) is 0 Å². The van der Waals surface area contributed by atoms with Crippen LogP contribution in [0, 0.1) is 0 Å². The minimum absolute atomic E-state index is 0.0802. The maximum absolute atomic E-state index is 11.2. The van der Waals surface area contributed by atoms with Gasteiger partial charge in [0.1, 0.15) is 0 Å². The summed E-state index contributed by atoms with van der Waals surface area (Å²) in [6.45, 7) is 3.10. The molecule has 0 atom stereocenters. The normalized spacial score (nSPS) is 10.0. The van der Waals surface area contributed by atoms with Crippen LogP contribution >= 0.6 is 0 Å². The number of rotatable bonds is 4. The quantitative estimate of drug-likeness (QED) is 0.692. The fourth-order valence-electron chi connectivity index (χ4n) is 1.02. The molecular formula is C8H14N4O. The highest BCUT2D eigenvalue weighted by molar-refractivity contribution is 5.90. The number of hydrogen-bond donors (Lipinski definition) is 2. The van der Waals surface area contributed by atoms with Crippen molar-refractivity contribution in [2.75, 3.05) is 18.9 Å². The van der Waals surface area contributed by atoms with Gasteiger partial charge in [-0.1, -0.05) is 0 Å². The highest BCUT2D eigenvalue weighted by atomic mass is 16.2. The number of anilines is 1. The number of nitrogens with zero attached hydrogens (tertiary/aromatic N) is 2. The fraction of sp³-hybridized carbons (Fsp3) is 0.500. The van der Waals surface area contributed by atoms with Gasteiger partial charge in [0.15, 0.2) is 0 Å². The molecule has 1 aromatic heterocycles. The molecule has 0 spiro atoms. The van der Waals surface area contributed by atoms with Crippen LogP contribution in [0.1, 0.15) is 6.92 Å². The second kappa shape index (κ2) is 4.61. The summed E-state index contributed by atoms with van der Waals surface area (Å²) in [6, 6.07) is 0. The number of likely N-dealkylation sites (N-methyl/N-ethyl adjacent to an activating group) is 1. The van der Waals surface area contributed by atoms with Gasteiger partial charge in [0.05, 0.1) is 6.54 Å². The number of aryl methyl sites for hydroxylation is 1. The number of imidazole rings is 1. The molecule has 0 aliphatic heterocycles. The van der Waals surface area contributed by atoms with E-state index >= 15 is 0 Å². The van der Waals surface area contributed by atoms with Gasteiger partial charge in [0.25, 0.3) is 0 Å². The Morgan fingerprint density at radius 2 is 2.46 bits per heavy atom. The maximum Gasteiger partial charge on any atom is 0.240 e. The first-order valence-corrected chi connectivity index (χ1v) is 4.23. The van der Waals surface area contributed by atoms with Crippen LogP contribution in [-0.4, -0.2) is 29.1 Å². The lowest BCUT2D eigenvalue weighted by Crippen LogP contribution is -2.26. The molecule has 0 unspecified atom stereocenters. The van der Waals surface area contributed by atoms with Crippen molar-refractivity contribution < 1.29 is 4.79 Å². The minimum atomic E-state index is -0.0802. The van der Waals surface area contributed by atoms with E-state index < -0.39 is 0 Å². The molecule has 2 N–H and O–H groups in total. The number of carbonyl (C=O) groups is 1. The van der Waals surface area contributed by atoms with Gasteiger partial charge in [-0.15, -0.1) is 0 Å². The SMILES string of the molecule is CCn1ccnc1NC(=O)CNC. The highest BCUT2D eigenvalue weighted by Gasteiger charge is 2.04. The molecule has 0 bridgehead atoms. The first-order chi connectivity index (χ1) is 6.27. The molecule has 0 radical (unpaired) electrons. The van der Waals surface area contributed by atoms with Gasteiger partial charge < -0.3 is 9.88 Å². The Morgan fingerprint density at radius 3 is 3.08 bits per heavy atom. The molecule has 0 fully saturated rings. The van der Waals surface area contributed by atoms with Crippen LogP contribution in [0.5, 0.6) is 0 Å². The lowest BCUT2D eigenvalue weighted by atomic mass is 10.6. The summed E-state index contributed by atoms with van der Waals surface area (Å²) in [5, 5.41) is 5.46. The third kappa shape index (κ3) is 2.55. The van der Waals surface area contributed by atoms with Crippen molar-refractivity contribution in [1.29, 1.82) is 0 Å². The van der Waals surface area contributed by atoms with E-state index in [4.69, 9.17) is 0 Å². The zero-order valence-electron chi connectivity index (χ0n) is 7.87. The average Bonchev–Trinajstić information content (AvgIpc) is 2.52. The monoisotopic (exact) mass is 182 g/mol. The zero-order chi connectivity index (χ0) is 9.68. The predicted molar refractivity (Wildman–Crippen MR) is 50.5 cm³/mol. The van der Waals surface area contributed by atoms with Gasteiger partial charge in [-0.2, -0.15) is 0 Å². The van der Waals surface area contributed by atoms with Crippen molar-refractivity contribution in [1.82, 2.24) is 14.9 Å². The van der Waals surface area contributed by atoms with E-state index in [-0.39, 0.29) is 5.91 Å². The average molecular weight is 182 g/mol. The van der Waals surface area contributed by atoms with Gasteiger partial charge in [-0.05, 0) is 14.0 Å². The smallest absolute Gasteiger partial charge is 0.240 e. The van der Waals surface area contributed by atoms with Crippen LogP contribution in [0.3, 0.4) is 0 Å². The lowest BCUT2D eigenvalue weighted by molar-refractivity contribution is -0.115. The molecule has 0 aliphatic rings. The Bertz CT molecular complexity index is 281. The Balaban J connectivity index is 2.57. The van der Waals surface area contributed by atoms with Gasteiger partial charge in [0, 0.05) is 18.9 Å². The van der Waals surface area contributed by atoms with E-state index in [2.05, 4.69) is 15.6 Å². The van der Waals surface area contributed by atoms with E-state index in [1.807, 2.05) is 17.7 Å². The van der Waals surface area contributed by atoms with E-state index in [9.17, 15) is 4.79 Å². The third-order valence-corrected chi connectivity index (χ3v) is 1.64. The van der Waals surface area contributed by atoms with Gasteiger partial charge in [-0.25, -0.2) is 4.98 Å². The summed E-state index contributed by atoms with van der Waals surface area (Å²) in [5.74, 6) is 0.520.